The van der Waals surface area contributed by atoms with Gasteiger partial charge in [0, 0.05) is 0 Å². The predicted molar refractivity (Wildman–Crippen MR) is 68.6 cm³/mol. The van der Waals surface area contributed by atoms with Crippen LogP contribution in [-0.4, -0.2) is 0 Å². The molecule has 0 aliphatic rings. The molecule has 0 atom stereocenters. The van der Waals surface area contributed by atoms with Crippen molar-refractivity contribution in [2.75, 3.05) is 0 Å². The molecule has 1 aromatic carbocycles. The van der Waals surface area contributed by atoms with E-state index in [4.69, 9.17) is 0 Å². The van der Waals surface area contributed by atoms with Crippen molar-refractivity contribution in [2.24, 2.45) is 0 Å². The molecule has 0 heteroatoms. The molecule has 0 aliphatic carbocycles. The number of allylic oxidation sites excluding steroid dienone is 7. The fourth-order valence-corrected chi connectivity index (χ4v) is 1.28. The zero-order valence-electron chi connectivity index (χ0n) is 9.06. The Kier molecular flexibility index (Phi) is 4.96. The van der Waals surface area contributed by atoms with Crippen LogP contribution in [0.4, 0.5) is 0 Å². The Bertz CT molecular complexity index is 378. The van der Waals surface area contributed by atoms with E-state index in [0.29, 0.717) is 0 Å². The Morgan fingerprint density at radius 1 is 1.13 bits per heavy atom. The van der Waals surface area contributed by atoms with E-state index in [0.717, 1.165) is 0 Å². The average molecular weight is 196 g/mol. The Morgan fingerprint density at radius 3 is 2.47 bits per heavy atom. The lowest BCUT2D eigenvalue weighted by Gasteiger charge is -2.00. The van der Waals surface area contributed by atoms with Gasteiger partial charge in [-0.15, -0.1) is 0 Å². The first kappa shape index (κ1) is 11.3. The van der Waals surface area contributed by atoms with E-state index in [1.165, 1.54) is 11.1 Å². The summed E-state index contributed by atoms with van der Waals surface area (Å²) in [6.07, 6.45) is 11.9. The van der Waals surface area contributed by atoms with Gasteiger partial charge in [0.25, 0.3) is 0 Å². The van der Waals surface area contributed by atoms with Gasteiger partial charge in [-0.05, 0) is 18.1 Å². The second-order valence-electron chi connectivity index (χ2n) is 3.11. The largest absolute Gasteiger partial charge is 0.0990 e. The summed E-state index contributed by atoms with van der Waals surface area (Å²) in [5.74, 6) is 0. The zero-order valence-corrected chi connectivity index (χ0v) is 9.06. The SMILES string of the molecule is C=C\C=C(/C=C\C=C/C)c1ccccc1. The minimum absolute atomic E-state index is 1.17. The highest BCUT2D eigenvalue weighted by Gasteiger charge is 1.93. The van der Waals surface area contributed by atoms with Crippen molar-refractivity contribution in [3.05, 3.63) is 78.9 Å². The second-order valence-corrected chi connectivity index (χ2v) is 3.11. The van der Waals surface area contributed by atoms with Gasteiger partial charge in [-0.1, -0.05) is 73.4 Å². The van der Waals surface area contributed by atoms with Crippen molar-refractivity contribution in [1.82, 2.24) is 0 Å². The van der Waals surface area contributed by atoms with Crippen LogP contribution in [0.3, 0.4) is 0 Å². The minimum Gasteiger partial charge on any atom is -0.0990 e. The van der Waals surface area contributed by atoms with E-state index in [1.54, 1.807) is 0 Å². The lowest BCUT2D eigenvalue weighted by atomic mass is 10.1. The molecule has 1 rings (SSSR count). The predicted octanol–water partition coefficient (Wildman–Crippen LogP) is 4.39. The highest BCUT2D eigenvalue weighted by atomic mass is 14.0. The maximum Gasteiger partial charge on any atom is -0.0184 e. The third-order valence-electron chi connectivity index (χ3n) is 1.98. The molecule has 0 unspecified atom stereocenters. The first-order valence-electron chi connectivity index (χ1n) is 5.06. The molecule has 0 N–H and O–H groups in total. The van der Waals surface area contributed by atoms with Gasteiger partial charge in [0.15, 0.2) is 0 Å². The second kappa shape index (κ2) is 6.61. The lowest BCUT2D eigenvalue weighted by molar-refractivity contribution is 1.62. The molecule has 0 bridgehead atoms. The topological polar surface area (TPSA) is 0 Å². The lowest BCUT2D eigenvalue weighted by Crippen LogP contribution is -1.78. The van der Waals surface area contributed by atoms with Gasteiger partial charge >= 0.3 is 0 Å². The van der Waals surface area contributed by atoms with Crippen LogP contribution >= 0.6 is 0 Å². The van der Waals surface area contributed by atoms with Crippen molar-refractivity contribution in [3.8, 4) is 0 Å². The molecule has 15 heavy (non-hydrogen) atoms. The third-order valence-corrected chi connectivity index (χ3v) is 1.98. The van der Waals surface area contributed by atoms with E-state index in [1.807, 2.05) is 55.5 Å². The fourth-order valence-electron chi connectivity index (χ4n) is 1.28. The minimum atomic E-state index is 1.17. The summed E-state index contributed by atoms with van der Waals surface area (Å²) in [5, 5.41) is 0. The first-order valence-corrected chi connectivity index (χ1v) is 5.06. The molecule has 0 spiro atoms. The van der Waals surface area contributed by atoms with Crippen LogP contribution in [0.2, 0.25) is 0 Å². The fraction of sp³-hybridized carbons (Fsp3) is 0.0667. The Morgan fingerprint density at radius 2 is 1.87 bits per heavy atom. The number of rotatable bonds is 4. The molecule has 0 saturated heterocycles. The maximum absolute atomic E-state index is 3.73. The summed E-state index contributed by atoms with van der Waals surface area (Å²) in [6.45, 7) is 5.73. The highest BCUT2D eigenvalue weighted by molar-refractivity contribution is 5.75. The quantitative estimate of drug-likeness (QED) is 0.626. The highest BCUT2D eigenvalue weighted by Crippen LogP contribution is 2.15. The van der Waals surface area contributed by atoms with E-state index < -0.39 is 0 Å². The summed E-state index contributed by atoms with van der Waals surface area (Å²) in [5.41, 5.74) is 2.38. The van der Waals surface area contributed by atoms with Crippen molar-refractivity contribution >= 4 is 5.57 Å². The van der Waals surface area contributed by atoms with Crippen LogP contribution in [0.1, 0.15) is 12.5 Å². The first-order chi connectivity index (χ1) is 7.38. The van der Waals surface area contributed by atoms with E-state index in [9.17, 15) is 0 Å². The van der Waals surface area contributed by atoms with Crippen LogP contribution in [0.15, 0.2) is 73.4 Å². The molecule has 0 heterocycles. The molecule has 1 aromatic rings. The summed E-state index contributed by atoms with van der Waals surface area (Å²) >= 11 is 0. The van der Waals surface area contributed by atoms with Gasteiger partial charge in [0.2, 0.25) is 0 Å². The Balaban J connectivity index is 2.94. The molecule has 0 amide bonds. The van der Waals surface area contributed by atoms with Gasteiger partial charge in [0.05, 0.1) is 0 Å². The average Bonchev–Trinajstić information content (AvgIpc) is 2.29. The van der Waals surface area contributed by atoms with Gasteiger partial charge < -0.3 is 0 Å². The zero-order chi connectivity index (χ0) is 10.9. The van der Waals surface area contributed by atoms with Crippen LogP contribution in [0.25, 0.3) is 5.57 Å². The summed E-state index contributed by atoms with van der Waals surface area (Å²) in [6, 6.07) is 10.3. The van der Waals surface area contributed by atoms with Crippen LogP contribution in [0.5, 0.6) is 0 Å². The Hall–Kier alpha value is -1.82. The van der Waals surface area contributed by atoms with Crippen LogP contribution in [-0.2, 0) is 0 Å². The molecular formula is C15H16. The molecule has 0 saturated carbocycles. The van der Waals surface area contributed by atoms with Crippen molar-refractivity contribution in [3.63, 3.8) is 0 Å². The van der Waals surface area contributed by atoms with Gasteiger partial charge in [0.1, 0.15) is 0 Å². The van der Waals surface area contributed by atoms with Crippen molar-refractivity contribution in [1.29, 1.82) is 0 Å². The number of hydrogen-bond acceptors (Lipinski definition) is 0. The van der Waals surface area contributed by atoms with Crippen molar-refractivity contribution < 1.29 is 0 Å². The van der Waals surface area contributed by atoms with E-state index in [2.05, 4.69) is 24.8 Å². The summed E-state index contributed by atoms with van der Waals surface area (Å²) in [4.78, 5) is 0. The number of benzene rings is 1. The van der Waals surface area contributed by atoms with E-state index in [-0.39, 0.29) is 0 Å². The monoisotopic (exact) mass is 196 g/mol. The normalized spacial score (nSPS) is 12.5. The van der Waals surface area contributed by atoms with Gasteiger partial charge in [-0.2, -0.15) is 0 Å². The smallest absolute Gasteiger partial charge is 0.0184 e. The molecular weight excluding hydrogens is 180 g/mol. The van der Waals surface area contributed by atoms with Crippen LogP contribution in [0, 0.1) is 0 Å². The third kappa shape index (κ3) is 3.82. The Labute approximate surface area is 92.0 Å². The molecule has 76 valence electrons. The molecule has 0 nitrogen and oxygen atoms in total. The standard InChI is InChI=1S/C15H16/c1-3-5-7-11-14(10-4-2)15-12-8-6-9-13-15/h3-13H,2H2,1H3/b5-3-,11-7-,14-10+. The van der Waals surface area contributed by atoms with E-state index >= 15 is 0 Å². The van der Waals surface area contributed by atoms with Crippen LogP contribution < -0.4 is 0 Å². The number of hydrogen-bond donors (Lipinski definition) is 0. The summed E-state index contributed by atoms with van der Waals surface area (Å²) < 4.78 is 0. The molecule has 0 radical (unpaired) electrons. The molecule has 0 fully saturated rings. The summed E-state index contributed by atoms with van der Waals surface area (Å²) in [7, 11) is 0. The maximum atomic E-state index is 3.73. The van der Waals surface area contributed by atoms with Gasteiger partial charge in [-0.25, -0.2) is 0 Å². The molecule has 0 aromatic heterocycles. The molecule has 0 aliphatic heterocycles. The van der Waals surface area contributed by atoms with Crippen molar-refractivity contribution in [2.45, 2.75) is 6.92 Å². The van der Waals surface area contributed by atoms with Gasteiger partial charge in [-0.3, -0.25) is 0 Å².